The fraction of sp³-hybridized carbons (Fsp3) is 0.667. The van der Waals surface area contributed by atoms with Gasteiger partial charge in [0.2, 0.25) is 5.91 Å². The maximum Gasteiger partial charge on any atom is 0.325 e. The highest BCUT2D eigenvalue weighted by Crippen LogP contribution is 2.43. The van der Waals surface area contributed by atoms with Gasteiger partial charge >= 0.3 is 6.03 Å². The zero-order chi connectivity index (χ0) is 25.4. The molecule has 4 rings (SSSR count). The number of rotatable bonds is 5. The first-order chi connectivity index (χ1) is 16.5. The Bertz CT molecular complexity index is 954. The van der Waals surface area contributed by atoms with Crippen molar-refractivity contribution in [3.63, 3.8) is 0 Å². The van der Waals surface area contributed by atoms with Gasteiger partial charge in [-0.25, -0.2) is 4.79 Å². The molecule has 2 heterocycles. The molecule has 1 aromatic rings. The molecule has 2 aliphatic heterocycles. The predicted molar refractivity (Wildman–Crippen MR) is 135 cm³/mol. The van der Waals surface area contributed by atoms with Crippen molar-refractivity contribution in [1.82, 2.24) is 15.1 Å². The van der Waals surface area contributed by atoms with E-state index in [2.05, 4.69) is 50.2 Å². The molecule has 1 spiro atoms. The van der Waals surface area contributed by atoms with Crippen LogP contribution in [-0.4, -0.2) is 65.0 Å². The summed E-state index contributed by atoms with van der Waals surface area (Å²) in [6.45, 7) is 12.9. The van der Waals surface area contributed by atoms with Crippen LogP contribution in [0, 0.1) is 11.3 Å². The summed E-state index contributed by atoms with van der Waals surface area (Å²) in [5.74, 6) is -0.121. The van der Waals surface area contributed by atoms with Crippen LogP contribution < -0.4 is 10.6 Å². The molecule has 1 aliphatic carbocycles. The van der Waals surface area contributed by atoms with Crippen LogP contribution >= 0.6 is 0 Å². The molecule has 3 aliphatic rings. The number of anilines is 1. The molecule has 8 nitrogen and oxygen atoms in total. The topological polar surface area (TPSA) is 91.0 Å². The molecule has 2 unspecified atom stereocenters. The van der Waals surface area contributed by atoms with Gasteiger partial charge in [-0.05, 0) is 62.5 Å². The standard InChI is InChI=1S/C27H40N4O4/c1-18-14-30(15-19(2)35-18)16-20-8-6-7-9-22(20)28-23(32)17-31-24(33)27(29-25(31)34)12-10-21(11-13-27)26(3,4)5/h6-9,18-19,21H,10-17H2,1-5H3,(H,28,32)(H,29,34). The van der Waals surface area contributed by atoms with Crippen LogP contribution in [0.5, 0.6) is 0 Å². The molecule has 3 fully saturated rings. The lowest BCUT2D eigenvalue weighted by Gasteiger charge is -2.40. The summed E-state index contributed by atoms with van der Waals surface area (Å²) >= 11 is 0. The Morgan fingerprint density at radius 3 is 2.37 bits per heavy atom. The maximum atomic E-state index is 13.3. The molecule has 2 N–H and O–H groups in total. The normalized spacial score (nSPS) is 30.0. The molecule has 8 heteroatoms. The predicted octanol–water partition coefficient (Wildman–Crippen LogP) is 3.76. The average Bonchev–Trinajstić information content (AvgIpc) is 2.98. The third-order valence-electron chi connectivity index (χ3n) is 7.79. The second-order valence-electron chi connectivity index (χ2n) is 11.7. The molecular formula is C27H40N4O4. The Morgan fingerprint density at radius 2 is 1.74 bits per heavy atom. The third-order valence-corrected chi connectivity index (χ3v) is 7.79. The molecule has 0 aromatic heterocycles. The fourth-order valence-corrected chi connectivity index (χ4v) is 5.90. The Kier molecular flexibility index (Phi) is 7.25. The second kappa shape index (κ2) is 9.90. The zero-order valence-corrected chi connectivity index (χ0v) is 21.7. The molecule has 0 bridgehead atoms. The van der Waals surface area contributed by atoms with Gasteiger partial charge in [0, 0.05) is 25.3 Å². The maximum absolute atomic E-state index is 13.3. The largest absolute Gasteiger partial charge is 0.373 e. The van der Waals surface area contributed by atoms with Crippen LogP contribution in [-0.2, 0) is 20.9 Å². The highest BCUT2D eigenvalue weighted by molar-refractivity contribution is 6.10. The summed E-state index contributed by atoms with van der Waals surface area (Å²) in [4.78, 5) is 42.3. The SMILES string of the molecule is CC1CN(Cc2ccccc2NC(=O)CN2C(=O)NC3(CCC(C(C)(C)C)CC3)C2=O)CC(C)O1. The lowest BCUT2D eigenvalue weighted by molar-refractivity contribution is -0.135. The van der Waals surface area contributed by atoms with Crippen LogP contribution in [0.15, 0.2) is 24.3 Å². The quantitative estimate of drug-likeness (QED) is 0.621. The molecule has 1 aromatic carbocycles. The lowest BCUT2D eigenvalue weighted by atomic mass is 9.67. The molecule has 35 heavy (non-hydrogen) atoms. The van der Waals surface area contributed by atoms with E-state index in [1.165, 1.54) is 0 Å². The van der Waals surface area contributed by atoms with E-state index < -0.39 is 11.6 Å². The van der Waals surface area contributed by atoms with Gasteiger partial charge in [-0.3, -0.25) is 19.4 Å². The molecular weight excluding hydrogens is 444 g/mol. The van der Waals surface area contributed by atoms with Crippen molar-refractivity contribution in [3.8, 4) is 0 Å². The summed E-state index contributed by atoms with van der Waals surface area (Å²) in [7, 11) is 0. The van der Waals surface area contributed by atoms with Crippen LogP contribution in [0.25, 0.3) is 0 Å². The molecule has 2 saturated heterocycles. The average molecular weight is 485 g/mol. The van der Waals surface area contributed by atoms with Crippen LogP contribution in [0.3, 0.4) is 0 Å². The molecule has 0 radical (unpaired) electrons. The first-order valence-corrected chi connectivity index (χ1v) is 12.9. The van der Waals surface area contributed by atoms with E-state index in [0.29, 0.717) is 31.0 Å². The summed E-state index contributed by atoms with van der Waals surface area (Å²) in [5, 5.41) is 5.86. The van der Waals surface area contributed by atoms with E-state index in [1.54, 1.807) is 0 Å². The zero-order valence-electron chi connectivity index (χ0n) is 21.7. The van der Waals surface area contributed by atoms with Gasteiger partial charge in [0.15, 0.2) is 0 Å². The lowest BCUT2D eigenvalue weighted by Crippen LogP contribution is -2.51. The number of ether oxygens (including phenoxy) is 1. The van der Waals surface area contributed by atoms with E-state index in [-0.39, 0.29) is 36.0 Å². The van der Waals surface area contributed by atoms with E-state index in [4.69, 9.17) is 4.74 Å². The number of para-hydroxylation sites is 1. The monoisotopic (exact) mass is 484 g/mol. The van der Waals surface area contributed by atoms with E-state index in [0.717, 1.165) is 36.4 Å². The van der Waals surface area contributed by atoms with Gasteiger partial charge in [0.1, 0.15) is 12.1 Å². The molecule has 2 atom stereocenters. The van der Waals surface area contributed by atoms with Crippen molar-refractivity contribution in [3.05, 3.63) is 29.8 Å². The van der Waals surface area contributed by atoms with E-state index in [9.17, 15) is 14.4 Å². The van der Waals surface area contributed by atoms with Gasteiger partial charge in [0.25, 0.3) is 5.91 Å². The minimum atomic E-state index is -0.860. The first kappa shape index (κ1) is 25.6. The van der Waals surface area contributed by atoms with Crippen molar-refractivity contribution >= 4 is 23.5 Å². The highest BCUT2D eigenvalue weighted by Gasteiger charge is 2.53. The number of hydrogen-bond donors (Lipinski definition) is 2. The van der Waals surface area contributed by atoms with Gasteiger partial charge in [-0.1, -0.05) is 39.0 Å². The van der Waals surface area contributed by atoms with Gasteiger partial charge in [-0.2, -0.15) is 0 Å². The number of amides is 4. The van der Waals surface area contributed by atoms with Crippen molar-refractivity contribution in [2.75, 3.05) is 25.0 Å². The molecule has 1 saturated carbocycles. The fourth-order valence-electron chi connectivity index (χ4n) is 5.90. The Morgan fingerprint density at radius 1 is 1.11 bits per heavy atom. The minimum absolute atomic E-state index is 0.158. The molecule has 192 valence electrons. The number of carbonyl (C=O) groups is 3. The molecule has 4 amide bonds. The van der Waals surface area contributed by atoms with Crippen molar-refractivity contribution in [2.24, 2.45) is 11.3 Å². The number of carbonyl (C=O) groups excluding carboxylic acids is 3. The minimum Gasteiger partial charge on any atom is -0.373 e. The highest BCUT2D eigenvalue weighted by atomic mass is 16.5. The Labute approximate surface area is 208 Å². The third kappa shape index (κ3) is 5.70. The van der Waals surface area contributed by atoms with Crippen molar-refractivity contribution in [2.45, 2.75) is 84.6 Å². The van der Waals surface area contributed by atoms with Crippen molar-refractivity contribution in [1.29, 1.82) is 0 Å². The van der Waals surface area contributed by atoms with Gasteiger partial charge in [-0.15, -0.1) is 0 Å². The smallest absolute Gasteiger partial charge is 0.325 e. The number of nitrogens with one attached hydrogen (secondary N) is 2. The summed E-state index contributed by atoms with van der Waals surface area (Å²) in [6.07, 6.45) is 3.34. The van der Waals surface area contributed by atoms with E-state index >= 15 is 0 Å². The van der Waals surface area contributed by atoms with Crippen LogP contribution in [0.4, 0.5) is 10.5 Å². The number of imide groups is 1. The van der Waals surface area contributed by atoms with E-state index in [1.807, 2.05) is 24.3 Å². The van der Waals surface area contributed by atoms with Crippen molar-refractivity contribution < 1.29 is 19.1 Å². The number of morpholine rings is 1. The number of benzene rings is 1. The van der Waals surface area contributed by atoms with Crippen LogP contribution in [0.1, 0.15) is 65.9 Å². The summed E-state index contributed by atoms with van der Waals surface area (Å²) < 4.78 is 5.83. The Hall–Kier alpha value is -2.45. The Balaban J connectivity index is 1.38. The number of hydrogen-bond acceptors (Lipinski definition) is 5. The first-order valence-electron chi connectivity index (χ1n) is 12.9. The van der Waals surface area contributed by atoms with Crippen LogP contribution in [0.2, 0.25) is 0 Å². The number of nitrogens with zero attached hydrogens (tertiary/aromatic N) is 2. The van der Waals surface area contributed by atoms with Gasteiger partial charge < -0.3 is 15.4 Å². The summed E-state index contributed by atoms with van der Waals surface area (Å²) in [5.41, 5.74) is 1.02. The number of urea groups is 1. The second-order valence-corrected chi connectivity index (χ2v) is 11.7. The summed E-state index contributed by atoms with van der Waals surface area (Å²) in [6, 6.07) is 7.22. The van der Waals surface area contributed by atoms with Gasteiger partial charge in [0.05, 0.1) is 12.2 Å².